The van der Waals surface area contributed by atoms with E-state index in [2.05, 4.69) is 25.1 Å². The van der Waals surface area contributed by atoms with E-state index in [-0.39, 0.29) is 0 Å². The van der Waals surface area contributed by atoms with Gasteiger partial charge in [-0.05, 0) is 6.42 Å². The highest BCUT2D eigenvalue weighted by atomic mass is 32.1. The zero-order chi connectivity index (χ0) is 23.0. The van der Waals surface area contributed by atoms with Crippen LogP contribution in [0, 0.1) is 0 Å². The van der Waals surface area contributed by atoms with Crippen molar-refractivity contribution in [2.75, 3.05) is 32.8 Å². The number of morpholine rings is 1. The molecule has 3 N–H and O–H groups in total. The number of unbranched alkanes of at least 4 members (excludes halogenated alkanes) is 15. The van der Waals surface area contributed by atoms with Crippen molar-refractivity contribution in [1.29, 1.82) is 0 Å². The number of nitrogens with zero attached hydrogens (tertiary/aromatic N) is 1. The van der Waals surface area contributed by atoms with Crippen molar-refractivity contribution < 1.29 is 14.3 Å². The predicted molar refractivity (Wildman–Crippen MR) is 133 cm³/mol. The second-order valence-electron chi connectivity index (χ2n) is 8.49. The Balaban J connectivity index is 0.00000107. The quantitative estimate of drug-likeness (QED) is 0.162. The van der Waals surface area contributed by atoms with Crippen LogP contribution in [0.15, 0.2) is 0 Å². The van der Waals surface area contributed by atoms with Gasteiger partial charge in [-0.25, -0.2) is 4.31 Å². The Labute approximate surface area is 197 Å². The summed E-state index contributed by atoms with van der Waals surface area (Å²) in [5.74, 6) is -1.57. The molecule has 1 aliphatic heterocycles. The molecule has 1 aliphatic rings. The Morgan fingerprint density at radius 3 is 1.48 bits per heavy atom. The Hall–Kier alpha value is -0.790. The Bertz CT molecular complexity index is 419. The predicted octanol–water partition coefficient (Wildman–Crippen LogP) is 5.01. The van der Waals surface area contributed by atoms with Gasteiger partial charge in [0.1, 0.15) is 0 Å². The Morgan fingerprint density at radius 2 is 1.16 bits per heavy atom. The van der Waals surface area contributed by atoms with Gasteiger partial charge in [0.15, 0.2) is 0 Å². The molecular weight excluding hydrogens is 410 g/mol. The van der Waals surface area contributed by atoms with Gasteiger partial charge in [-0.1, -0.05) is 116 Å². The van der Waals surface area contributed by atoms with Gasteiger partial charge in [0.2, 0.25) is 0 Å². The fourth-order valence-electron chi connectivity index (χ4n) is 3.52. The zero-order valence-corrected chi connectivity index (χ0v) is 20.9. The molecule has 0 aliphatic carbocycles. The summed E-state index contributed by atoms with van der Waals surface area (Å²) in [4.78, 5) is 21.4. The van der Waals surface area contributed by atoms with Crippen LogP contribution in [0.3, 0.4) is 0 Å². The first-order chi connectivity index (χ1) is 15.1. The Kier molecular flexibility index (Phi) is 23.3. The van der Waals surface area contributed by atoms with Crippen molar-refractivity contribution in [1.82, 2.24) is 9.62 Å². The van der Waals surface area contributed by atoms with Crippen LogP contribution in [-0.2, 0) is 14.3 Å². The van der Waals surface area contributed by atoms with E-state index < -0.39 is 11.8 Å². The SMILES string of the molecule is CCCCCCCCCCCCCCCCCCNC(=O)C(N)=O.SN1CCOCC1. The van der Waals surface area contributed by atoms with Crippen LogP contribution in [0.4, 0.5) is 0 Å². The minimum atomic E-state index is -0.897. The summed E-state index contributed by atoms with van der Waals surface area (Å²) in [6.45, 7) is 6.42. The van der Waals surface area contributed by atoms with E-state index >= 15 is 0 Å². The molecule has 31 heavy (non-hydrogen) atoms. The van der Waals surface area contributed by atoms with Gasteiger partial charge in [0, 0.05) is 19.6 Å². The number of ether oxygens (including phenoxy) is 1. The van der Waals surface area contributed by atoms with Gasteiger partial charge in [0.25, 0.3) is 0 Å². The van der Waals surface area contributed by atoms with Crippen molar-refractivity contribution >= 4 is 24.6 Å². The largest absolute Gasteiger partial charge is 0.379 e. The first-order valence-electron chi connectivity index (χ1n) is 12.7. The maximum Gasteiger partial charge on any atom is 0.309 e. The molecule has 1 saturated heterocycles. The van der Waals surface area contributed by atoms with E-state index in [0.29, 0.717) is 6.54 Å². The lowest BCUT2D eigenvalue weighted by Gasteiger charge is -2.19. The molecule has 1 rings (SSSR count). The number of hydrogen-bond donors (Lipinski definition) is 3. The molecule has 0 radical (unpaired) electrons. The lowest BCUT2D eigenvalue weighted by atomic mass is 10.0. The van der Waals surface area contributed by atoms with E-state index in [1.54, 1.807) is 0 Å². The van der Waals surface area contributed by atoms with Crippen LogP contribution < -0.4 is 11.1 Å². The summed E-state index contributed by atoms with van der Waals surface area (Å²) >= 11 is 4.11. The lowest BCUT2D eigenvalue weighted by Crippen LogP contribution is -2.36. The molecule has 0 bridgehead atoms. The first kappa shape index (κ1) is 30.2. The number of nitrogens with one attached hydrogen (secondary N) is 1. The van der Waals surface area contributed by atoms with E-state index in [4.69, 9.17) is 10.5 Å². The molecule has 0 unspecified atom stereocenters. The average Bonchev–Trinajstić information content (AvgIpc) is 2.76. The van der Waals surface area contributed by atoms with Gasteiger partial charge in [0.05, 0.1) is 13.2 Å². The average molecular weight is 460 g/mol. The molecule has 0 aromatic carbocycles. The molecule has 1 fully saturated rings. The standard InChI is InChI=1S/C20H40N2O2.C4H9NOS/c1-2-3-4-5-6-7-8-9-10-11-12-13-14-15-16-17-18-22-20(24)19(21)23;7-5-1-3-6-4-2-5/h2-18H2,1H3,(H2,21,23)(H,22,24);7H,1-4H2. The van der Waals surface area contributed by atoms with Gasteiger partial charge in [-0.15, -0.1) is 0 Å². The first-order valence-corrected chi connectivity index (χ1v) is 13.1. The van der Waals surface area contributed by atoms with Gasteiger partial charge in [-0.3, -0.25) is 9.59 Å². The number of carbonyl (C=O) groups excluding carboxylic acids is 2. The normalized spacial score (nSPS) is 14.0. The minimum absolute atomic E-state index is 0.556. The van der Waals surface area contributed by atoms with Crippen LogP contribution in [-0.4, -0.2) is 49.0 Å². The van der Waals surface area contributed by atoms with E-state index in [1.807, 2.05) is 4.31 Å². The number of nitrogens with two attached hydrogens (primary N) is 1. The molecule has 0 atom stereocenters. The van der Waals surface area contributed by atoms with Gasteiger partial charge < -0.3 is 15.8 Å². The van der Waals surface area contributed by atoms with Crippen molar-refractivity contribution in [3.63, 3.8) is 0 Å². The van der Waals surface area contributed by atoms with Crippen LogP contribution in [0.2, 0.25) is 0 Å². The minimum Gasteiger partial charge on any atom is -0.379 e. The molecule has 1 heterocycles. The van der Waals surface area contributed by atoms with Crippen LogP contribution in [0.5, 0.6) is 0 Å². The number of amides is 2. The molecule has 2 amide bonds. The number of thiol groups is 1. The summed E-state index contributed by atoms with van der Waals surface area (Å²) in [6.07, 6.45) is 21.3. The molecule has 7 heteroatoms. The number of rotatable bonds is 17. The fraction of sp³-hybridized carbons (Fsp3) is 0.917. The number of primary amides is 1. The van der Waals surface area contributed by atoms with Gasteiger partial charge in [-0.2, -0.15) is 0 Å². The van der Waals surface area contributed by atoms with Crippen LogP contribution in [0.1, 0.15) is 110 Å². The van der Waals surface area contributed by atoms with Crippen molar-refractivity contribution in [2.24, 2.45) is 5.73 Å². The van der Waals surface area contributed by atoms with Gasteiger partial charge >= 0.3 is 11.8 Å². The molecule has 0 saturated carbocycles. The van der Waals surface area contributed by atoms with E-state index in [9.17, 15) is 9.59 Å². The van der Waals surface area contributed by atoms with Crippen LogP contribution in [0.25, 0.3) is 0 Å². The van der Waals surface area contributed by atoms with E-state index in [1.165, 1.54) is 89.9 Å². The topological polar surface area (TPSA) is 84.7 Å². The lowest BCUT2D eigenvalue weighted by molar-refractivity contribution is -0.137. The third kappa shape index (κ3) is 23.7. The highest BCUT2D eigenvalue weighted by Crippen LogP contribution is 2.13. The molecule has 0 aromatic heterocycles. The van der Waals surface area contributed by atoms with Crippen molar-refractivity contribution in [3.05, 3.63) is 0 Å². The third-order valence-electron chi connectivity index (χ3n) is 5.53. The van der Waals surface area contributed by atoms with Crippen molar-refractivity contribution in [2.45, 2.75) is 110 Å². The number of hydrogen-bond acceptors (Lipinski definition) is 5. The maximum absolute atomic E-state index is 10.9. The third-order valence-corrected chi connectivity index (χ3v) is 5.93. The highest BCUT2D eigenvalue weighted by Gasteiger charge is 2.06. The van der Waals surface area contributed by atoms with Crippen LogP contribution >= 0.6 is 12.8 Å². The second-order valence-corrected chi connectivity index (χ2v) is 9.06. The summed E-state index contributed by atoms with van der Waals surface area (Å²) < 4.78 is 7.01. The molecule has 184 valence electrons. The molecule has 0 aromatic rings. The Morgan fingerprint density at radius 1 is 0.774 bits per heavy atom. The van der Waals surface area contributed by atoms with Crippen molar-refractivity contribution in [3.8, 4) is 0 Å². The molecule has 0 spiro atoms. The fourth-order valence-corrected chi connectivity index (χ4v) is 3.68. The van der Waals surface area contributed by atoms with E-state index in [0.717, 1.165) is 39.1 Å². The zero-order valence-electron chi connectivity index (χ0n) is 20.0. The monoisotopic (exact) mass is 459 g/mol. The summed E-state index contributed by atoms with van der Waals surface area (Å²) in [7, 11) is 0. The number of carbonyl (C=O) groups is 2. The molecule has 6 nitrogen and oxygen atoms in total. The summed E-state index contributed by atoms with van der Waals surface area (Å²) in [5.41, 5.74) is 4.86. The maximum atomic E-state index is 10.9. The molecular formula is C24H49N3O3S. The summed E-state index contributed by atoms with van der Waals surface area (Å²) in [5, 5.41) is 2.52. The smallest absolute Gasteiger partial charge is 0.309 e. The second kappa shape index (κ2) is 23.9. The highest BCUT2D eigenvalue weighted by molar-refractivity contribution is 7.77. The summed E-state index contributed by atoms with van der Waals surface area (Å²) in [6, 6.07) is 0.